The van der Waals surface area contributed by atoms with Crippen LogP contribution in [0.4, 0.5) is 5.95 Å². The van der Waals surface area contributed by atoms with E-state index in [1.165, 1.54) is 0 Å². The molecule has 0 saturated carbocycles. The van der Waals surface area contributed by atoms with E-state index < -0.39 is 0 Å². The standard InChI is InChI=1S/C8H9Cl2N3/c9-4-2-1-3-6-5-12-8(11)13-7(6)10/h1,3,5H,2,4H2,(H2,11,12,13). The summed E-state index contributed by atoms with van der Waals surface area (Å²) in [6, 6.07) is 0. The van der Waals surface area contributed by atoms with Gasteiger partial charge in [-0.2, -0.15) is 0 Å². The summed E-state index contributed by atoms with van der Waals surface area (Å²) in [4.78, 5) is 7.62. The number of alkyl halides is 1. The minimum Gasteiger partial charge on any atom is -0.368 e. The topological polar surface area (TPSA) is 51.8 Å². The summed E-state index contributed by atoms with van der Waals surface area (Å²) in [5, 5.41) is 0.360. The number of allylic oxidation sites excluding steroid dienone is 1. The van der Waals surface area contributed by atoms with E-state index in [9.17, 15) is 0 Å². The summed E-state index contributed by atoms with van der Waals surface area (Å²) in [7, 11) is 0. The number of nitrogen functional groups attached to an aromatic ring is 1. The predicted molar refractivity (Wildman–Crippen MR) is 55.8 cm³/mol. The molecule has 0 unspecified atom stereocenters. The third kappa shape index (κ3) is 3.20. The normalized spacial score (nSPS) is 10.9. The van der Waals surface area contributed by atoms with Gasteiger partial charge in [-0.15, -0.1) is 11.6 Å². The quantitative estimate of drug-likeness (QED) is 0.625. The van der Waals surface area contributed by atoms with E-state index in [-0.39, 0.29) is 5.95 Å². The largest absolute Gasteiger partial charge is 0.368 e. The fourth-order valence-electron chi connectivity index (χ4n) is 0.768. The second kappa shape index (κ2) is 5.04. The molecule has 0 aliphatic heterocycles. The zero-order valence-electron chi connectivity index (χ0n) is 6.87. The lowest BCUT2D eigenvalue weighted by Gasteiger charge is -1.96. The lowest BCUT2D eigenvalue weighted by Crippen LogP contribution is -1.95. The highest BCUT2D eigenvalue weighted by atomic mass is 35.5. The number of hydrogen-bond acceptors (Lipinski definition) is 3. The molecular formula is C8H9Cl2N3. The molecule has 1 aromatic heterocycles. The van der Waals surface area contributed by atoms with Gasteiger partial charge in [0.05, 0.1) is 0 Å². The van der Waals surface area contributed by atoms with Crippen molar-refractivity contribution in [2.24, 2.45) is 0 Å². The SMILES string of the molecule is Nc1ncc(C=CCCCl)c(Cl)n1. The molecule has 0 atom stereocenters. The summed E-state index contributed by atoms with van der Waals surface area (Å²) >= 11 is 11.3. The fraction of sp³-hybridized carbons (Fsp3) is 0.250. The van der Waals surface area contributed by atoms with Gasteiger partial charge >= 0.3 is 0 Å². The number of nitrogens with two attached hydrogens (primary N) is 1. The van der Waals surface area contributed by atoms with Crippen LogP contribution in [0.15, 0.2) is 12.3 Å². The van der Waals surface area contributed by atoms with Crippen molar-refractivity contribution >= 4 is 35.2 Å². The molecule has 13 heavy (non-hydrogen) atoms. The molecule has 1 aromatic rings. The molecule has 0 amide bonds. The molecule has 0 radical (unpaired) electrons. The number of hydrogen-bond donors (Lipinski definition) is 1. The summed E-state index contributed by atoms with van der Waals surface area (Å²) in [5.41, 5.74) is 6.08. The molecule has 0 bridgehead atoms. The van der Waals surface area contributed by atoms with Gasteiger partial charge in [0.1, 0.15) is 5.15 Å². The van der Waals surface area contributed by atoms with Gasteiger partial charge in [0.15, 0.2) is 0 Å². The first-order valence-electron chi connectivity index (χ1n) is 3.74. The molecule has 2 N–H and O–H groups in total. The van der Waals surface area contributed by atoms with E-state index in [0.29, 0.717) is 11.0 Å². The van der Waals surface area contributed by atoms with Crippen molar-refractivity contribution in [3.63, 3.8) is 0 Å². The van der Waals surface area contributed by atoms with Crippen molar-refractivity contribution in [3.8, 4) is 0 Å². The molecule has 1 rings (SSSR count). The third-order valence-corrected chi connectivity index (χ3v) is 1.88. The minimum atomic E-state index is 0.180. The summed E-state index contributed by atoms with van der Waals surface area (Å²) in [5.74, 6) is 0.767. The Labute approximate surface area is 86.6 Å². The van der Waals surface area contributed by atoms with E-state index in [4.69, 9.17) is 28.9 Å². The van der Waals surface area contributed by atoms with Crippen molar-refractivity contribution in [2.45, 2.75) is 6.42 Å². The molecule has 5 heteroatoms. The summed E-state index contributed by atoms with van der Waals surface area (Å²) in [6.07, 6.45) is 6.11. The van der Waals surface area contributed by atoms with Crippen molar-refractivity contribution in [1.29, 1.82) is 0 Å². The maximum atomic E-state index is 5.79. The maximum absolute atomic E-state index is 5.79. The van der Waals surface area contributed by atoms with Gasteiger partial charge in [-0.3, -0.25) is 0 Å². The van der Waals surface area contributed by atoms with E-state index in [2.05, 4.69) is 9.97 Å². The molecule has 0 aliphatic rings. The van der Waals surface area contributed by atoms with Crippen molar-refractivity contribution in [1.82, 2.24) is 9.97 Å². The molecule has 70 valence electrons. The first kappa shape index (κ1) is 10.3. The number of rotatable bonds is 3. The lowest BCUT2D eigenvalue weighted by atomic mass is 10.3. The van der Waals surface area contributed by atoms with Crippen LogP contribution < -0.4 is 5.73 Å². The second-order valence-electron chi connectivity index (χ2n) is 2.35. The lowest BCUT2D eigenvalue weighted by molar-refractivity contribution is 1.17. The Kier molecular flexibility index (Phi) is 3.99. The molecule has 1 heterocycles. The Balaban J connectivity index is 2.77. The van der Waals surface area contributed by atoms with Gasteiger partial charge in [-0.25, -0.2) is 9.97 Å². The Hall–Kier alpha value is -0.800. The summed E-state index contributed by atoms with van der Waals surface area (Å²) in [6.45, 7) is 0. The van der Waals surface area contributed by atoms with Gasteiger partial charge in [-0.1, -0.05) is 23.8 Å². The van der Waals surface area contributed by atoms with E-state index in [1.807, 2.05) is 12.2 Å². The Morgan fingerprint density at radius 2 is 2.31 bits per heavy atom. The second-order valence-corrected chi connectivity index (χ2v) is 3.09. The number of anilines is 1. The van der Waals surface area contributed by atoms with Gasteiger partial charge < -0.3 is 5.73 Å². The molecule has 0 saturated heterocycles. The van der Waals surface area contributed by atoms with Crippen molar-refractivity contribution in [3.05, 3.63) is 23.0 Å². The van der Waals surface area contributed by atoms with Crippen LogP contribution in [0.2, 0.25) is 5.15 Å². The average molecular weight is 218 g/mol. The van der Waals surface area contributed by atoms with Gasteiger partial charge in [0.2, 0.25) is 5.95 Å². The zero-order chi connectivity index (χ0) is 9.68. The van der Waals surface area contributed by atoms with Crippen LogP contribution in [0.5, 0.6) is 0 Å². The molecular weight excluding hydrogens is 209 g/mol. The number of aromatic nitrogens is 2. The van der Waals surface area contributed by atoms with Crippen LogP contribution in [-0.2, 0) is 0 Å². The van der Waals surface area contributed by atoms with E-state index in [0.717, 1.165) is 12.0 Å². The van der Waals surface area contributed by atoms with Crippen LogP contribution >= 0.6 is 23.2 Å². The highest BCUT2D eigenvalue weighted by Crippen LogP contribution is 2.14. The van der Waals surface area contributed by atoms with E-state index >= 15 is 0 Å². The smallest absolute Gasteiger partial charge is 0.221 e. The molecule has 0 aliphatic carbocycles. The molecule has 3 nitrogen and oxygen atoms in total. The van der Waals surface area contributed by atoms with E-state index in [1.54, 1.807) is 6.20 Å². The third-order valence-electron chi connectivity index (χ3n) is 1.36. The van der Waals surface area contributed by atoms with Gasteiger partial charge in [0.25, 0.3) is 0 Å². The fourth-order valence-corrected chi connectivity index (χ4v) is 1.09. The molecule has 0 spiro atoms. The average Bonchev–Trinajstić information content (AvgIpc) is 2.09. The van der Waals surface area contributed by atoms with Crippen molar-refractivity contribution < 1.29 is 0 Å². The predicted octanol–water partition coefficient (Wildman–Crippen LogP) is 2.35. The van der Waals surface area contributed by atoms with Crippen LogP contribution in [0.1, 0.15) is 12.0 Å². The Morgan fingerprint density at radius 3 is 2.92 bits per heavy atom. The Morgan fingerprint density at radius 1 is 1.54 bits per heavy atom. The highest BCUT2D eigenvalue weighted by Gasteiger charge is 1.98. The van der Waals surface area contributed by atoms with Crippen LogP contribution in [-0.4, -0.2) is 15.8 Å². The first-order chi connectivity index (χ1) is 6.24. The number of nitrogens with zero attached hydrogens (tertiary/aromatic N) is 2. The zero-order valence-corrected chi connectivity index (χ0v) is 8.39. The van der Waals surface area contributed by atoms with Gasteiger partial charge in [-0.05, 0) is 6.42 Å². The minimum absolute atomic E-state index is 0.180. The maximum Gasteiger partial charge on any atom is 0.221 e. The monoisotopic (exact) mass is 217 g/mol. The van der Waals surface area contributed by atoms with Gasteiger partial charge in [0, 0.05) is 17.6 Å². The molecule has 0 aromatic carbocycles. The van der Waals surface area contributed by atoms with Crippen LogP contribution in [0.3, 0.4) is 0 Å². The summed E-state index contributed by atoms with van der Waals surface area (Å²) < 4.78 is 0. The number of halogens is 2. The Bertz CT molecular complexity index is 312. The molecule has 0 fully saturated rings. The van der Waals surface area contributed by atoms with Crippen LogP contribution in [0.25, 0.3) is 6.08 Å². The first-order valence-corrected chi connectivity index (χ1v) is 4.66. The highest BCUT2D eigenvalue weighted by molar-refractivity contribution is 6.30. The van der Waals surface area contributed by atoms with Crippen LogP contribution in [0, 0.1) is 0 Å². The van der Waals surface area contributed by atoms with Crippen molar-refractivity contribution in [2.75, 3.05) is 11.6 Å².